The van der Waals surface area contributed by atoms with E-state index in [4.69, 9.17) is 14.2 Å². The predicted octanol–water partition coefficient (Wildman–Crippen LogP) is 21.1. The topological polar surface area (TPSA) is 78.9 Å². The van der Waals surface area contributed by atoms with E-state index in [0.29, 0.717) is 19.3 Å². The smallest absolute Gasteiger partial charge is 0.306 e. The first-order valence-corrected chi connectivity index (χ1v) is 31.1. The first-order chi connectivity index (χ1) is 36.0. The van der Waals surface area contributed by atoms with Crippen LogP contribution >= 0.6 is 0 Å². The van der Waals surface area contributed by atoms with Gasteiger partial charge in [-0.3, -0.25) is 14.4 Å². The average Bonchev–Trinajstić information content (AvgIpc) is 3.39. The first kappa shape index (κ1) is 69.6. The molecule has 73 heavy (non-hydrogen) atoms. The normalized spacial score (nSPS) is 12.6. The van der Waals surface area contributed by atoms with E-state index in [0.717, 1.165) is 96.3 Å². The molecule has 6 heteroatoms. The number of carbonyl (C=O) groups excluding carboxylic acids is 3. The maximum Gasteiger partial charge on any atom is 0.306 e. The largest absolute Gasteiger partial charge is 0.462 e. The molecule has 0 aliphatic rings. The Morgan fingerprint density at radius 3 is 0.767 bits per heavy atom. The molecule has 0 aromatic rings. The SMILES string of the molecule is CCCCC/C=C/C/C=C/C/C=C/CCCCCCC(=O)OC[C@H](COC(=O)CCCCCCCCCCC/C=C/C/C=C/CCCCC)OC(=O)CCCCCCCCCCC/C=C/C/C=C/CCCCC. The summed E-state index contributed by atoms with van der Waals surface area (Å²) in [6, 6.07) is 0. The summed E-state index contributed by atoms with van der Waals surface area (Å²) in [6.45, 7) is 6.56. The van der Waals surface area contributed by atoms with Crippen molar-refractivity contribution in [2.24, 2.45) is 0 Å². The number of hydrogen-bond acceptors (Lipinski definition) is 6. The second-order valence-electron chi connectivity index (χ2n) is 20.6. The Bertz CT molecular complexity index is 1400. The number of rotatable bonds is 56. The molecule has 0 aromatic heterocycles. The van der Waals surface area contributed by atoms with Crippen LogP contribution in [0.15, 0.2) is 85.1 Å². The van der Waals surface area contributed by atoms with E-state index in [-0.39, 0.29) is 31.1 Å². The van der Waals surface area contributed by atoms with Crippen molar-refractivity contribution in [3.05, 3.63) is 85.1 Å². The van der Waals surface area contributed by atoms with Crippen molar-refractivity contribution >= 4 is 17.9 Å². The fourth-order valence-electron chi connectivity index (χ4n) is 8.63. The van der Waals surface area contributed by atoms with Gasteiger partial charge in [0, 0.05) is 19.3 Å². The lowest BCUT2D eigenvalue weighted by Crippen LogP contribution is -2.30. The van der Waals surface area contributed by atoms with Gasteiger partial charge < -0.3 is 14.2 Å². The second-order valence-corrected chi connectivity index (χ2v) is 20.6. The molecule has 0 unspecified atom stereocenters. The molecule has 0 saturated carbocycles. The molecular formula is C67H116O6. The van der Waals surface area contributed by atoms with Crippen LogP contribution in [0.4, 0.5) is 0 Å². The minimum atomic E-state index is -0.792. The molecule has 6 nitrogen and oxygen atoms in total. The van der Waals surface area contributed by atoms with Crippen molar-refractivity contribution in [3.8, 4) is 0 Å². The average molecular weight is 1020 g/mol. The second kappa shape index (κ2) is 61.1. The summed E-state index contributed by atoms with van der Waals surface area (Å²) < 4.78 is 16.9. The quantitative estimate of drug-likeness (QED) is 0.0261. The van der Waals surface area contributed by atoms with Gasteiger partial charge in [-0.2, -0.15) is 0 Å². The molecule has 0 aromatic carbocycles. The van der Waals surface area contributed by atoms with E-state index < -0.39 is 6.10 Å². The molecule has 0 rings (SSSR count). The molecule has 1 atom stereocenters. The fraction of sp³-hybridized carbons (Fsp3) is 0.746. The van der Waals surface area contributed by atoms with Gasteiger partial charge in [-0.1, -0.05) is 247 Å². The zero-order valence-electron chi connectivity index (χ0n) is 48.1. The van der Waals surface area contributed by atoms with E-state index in [2.05, 4.69) is 106 Å². The molecule has 0 fully saturated rings. The third-order valence-corrected chi connectivity index (χ3v) is 13.3. The third-order valence-electron chi connectivity index (χ3n) is 13.3. The summed E-state index contributed by atoms with van der Waals surface area (Å²) in [5.41, 5.74) is 0. The Kier molecular flexibility index (Phi) is 58.3. The van der Waals surface area contributed by atoms with Crippen LogP contribution in [0.25, 0.3) is 0 Å². The molecule has 0 N–H and O–H groups in total. The third kappa shape index (κ3) is 59.3. The highest BCUT2D eigenvalue weighted by atomic mass is 16.6. The van der Waals surface area contributed by atoms with Crippen LogP contribution in [-0.4, -0.2) is 37.2 Å². The van der Waals surface area contributed by atoms with E-state index in [1.54, 1.807) is 0 Å². The molecule has 0 aliphatic heterocycles. The lowest BCUT2D eigenvalue weighted by molar-refractivity contribution is -0.167. The van der Waals surface area contributed by atoms with Gasteiger partial charge >= 0.3 is 17.9 Å². The van der Waals surface area contributed by atoms with Gasteiger partial charge in [0.2, 0.25) is 0 Å². The van der Waals surface area contributed by atoms with Crippen LogP contribution in [-0.2, 0) is 28.6 Å². The Balaban J connectivity index is 4.43. The van der Waals surface area contributed by atoms with Crippen molar-refractivity contribution in [3.63, 3.8) is 0 Å². The van der Waals surface area contributed by atoms with Crippen molar-refractivity contribution < 1.29 is 28.6 Å². The van der Waals surface area contributed by atoms with Crippen LogP contribution in [0.5, 0.6) is 0 Å². The maximum absolute atomic E-state index is 12.9. The van der Waals surface area contributed by atoms with Gasteiger partial charge in [-0.15, -0.1) is 0 Å². The molecule has 0 saturated heterocycles. The lowest BCUT2D eigenvalue weighted by Gasteiger charge is -2.18. The molecule has 420 valence electrons. The summed E-state index contributed by atoms with van der Waals surface area (Å²) in [6.07, 6.45) is 80.0. The Hall–Kier alpha value is -3.41. The van der Waals surface area contributed by atoms with Crippen LogP contribution in [0.2, 0.25) is 0 Å². The number of carbonyl (C=O) groups is 3. The maximum atomic E-state index is 12.9. The van der Waals surface area contributed by atoms with Gasteiger partial charge in [-0.25, -0.2) is 0 Å². The predicted molar refractivity (Wildman–Crippen MR) is 316 cm³/mol. The summed E-state index contributed by atoms with van der Waals surface area (Å²) in [7, 11) is 0. The summed E-state index contributed by atoms with van der Waals surface area (Å²) >= 11 is 0. The number of unbranched alkanes of at least 4 members (excludes halogenated alkanes) is 31. The van der Waals surface area contributed by atoms with E-state index in [1.165, 1.54) is 167 Å². The molecule has 0 aliphatic carbocycles. The number of ether oxygens (including phenoxy) is 3. The molecule has 0 bridgehead atoms. The number of hydrogen-bond donors (Lipinski definition) is 0. The first-order valence-electron chi connectivity index (χ1n) is 31.1. The number of esters is 3. The molecule has 0 radical (unpaired) electrons. The van der Waals surface area contributed by atoms with Gasteiger partial charge in [0.25, 0.3) is 0 Å². The van der Waals surface area contributed by atoms with Crippen LogP contribution < -0.4 is 0 Å². The molecule has 0 amide bonds. The highest BCUT2D eigenvalue weighted by Crippen LogP contribution is 2.15. The summed E-state index contributed by atoms with van der Waals surface area (Å²) in [4.78, 5) is 38.3. The summed E-state index contributed by atoms with van der Waals surface area (Å²) in [5.74, 6) is -0.907. The van der Waals surface area contributed by atoms with Crippen LogP contribution in [0.3, 0.4) is 0 Å². The number of allylic oxidation sites excluding steroid dienone is 14. The fourth-order valence-corrected chi connectivity index (χ4v) is 8.63. The van der Waals surface area contributed by atoms with E-state index in [1.807, 2.05) is 0 Å². The lowest BCUT2D eigenvalue weighted by atomic mass is 10.1. The van der Waals surface area contributed by atoms with E-state index >= 15 is 0 Å². The zero-order valence-corrected chi connectivity index (χ0v) is 48.1. The zero-order chi connectivity index (χ0) is 52.9. The summed E-state index contributed by atoms with van der Waals surface area (Å²) in [5, 5.41) is 0. The highest BCUT2D eigenvalue weighted by Gasteiger charge is 2.19. The van der Waals surface area contributed by atoms with Crippen molar-refractivity contribution in [1.82, 2.24) is 0 Å². The molecule has 0 spiro atoms. The van der Waals surface area contributed by atoms with Gasteiger partial charge in [0.1, 0.15) is 13.2 Å². The van der Waals surface area contributed by atoms with Crippen LogP contribution in [0.1, 0.15) is 303 Å². The Morgan fingerprint density at radius 2 is 0.493 bits per heavy atom. The molecule has 0 heterocycles. The molecular weight excluding hydrogens is 901 g/mol. The van der Waals surface area contributed by atoms with E-state index in [9.17, 15) is 14.4 Å². The monoisotopic (exact) mass is 1020 g/mol. The van der Waals surface area contributed by atoms with Crippen molar-refractivity contribution in [1.29, 1.82) is 0 Å². The minimum absolute atomic E-state index is 0.0872. The Labute approximate surface area is 452 Å². The van der Waals surface area contributed by atoms with Crippen LogP contribution in [0, 0.1) is 0 Å². The van der Waals surface area contributed by atoms with Gasteiger partial charge in [0.05, 0.1) is 0 Å². The van der Waals surface area contributed by atoms with Crippen molar-refractivity contribution in [2.45, 2.75) is 309 Å². The van der Waals surface area contributed by atoms with Gasteiger partial charge in [-0.05, 0) is 122 Å². The van der Waals surface area contributed by atoms with Crippen molar-refractivity contribution in [2.75, 3.05) is 13.2 Å². The highest BCUT2D eigenvalue weighted by molar-refractivity contribution is 5.71. The van der Waals surface area contributed by atoms with Gasteiger partial charge in [0.15, 0.2) is 6.10 Å². The Morgan fingerprint density at radius 1 is 0.274 bits per heavy atom. The standard InChI is InChI=1S/C67H116O6/c1-4-7-10-13-16-19-22-25-28-31-33-36-39-42-45-48-51-54-57-60-66(69)72-63-64(62-71-65(68)59-56-53-50-47-44-41-38-35-30-27-24-21-18-15-12-9-6-3)73-67(70)61-58-55-52-49-46-43-40-37-34-32-29-26-23-20-17-14-11-8-5-2/h16-21,25-30,38,41,64H,4-15,22-24,31-37,39-40,42-63H2,1-3H3/b19-16+,20-17+,21-18+,28-25+,29-26+,30-27+,41-38+/t64-/m1/s1. The minimum Gasteiger partial charge on any atom is -0.462 e.